The third-order valence-corrected chi connectivity index (χ3v) is 2.90. The lowest BCUT2D eigenvalue weighted by molar-refractivity contribution is 0.277. The molecule has 0 bridgehead atoms. The molecule has 96 valence electrons. The monoisotopic (exact) mass is 256 g/mol. The van der Waals surface area contributed by atoms with Crippen molar-refractivity contribution in [2.75, 3.05) is 5.73 Å². The minimum atomic E-state index is -0.237. The average molecular weight is 256 g/mol. The summed E-state index contributed by atoms with van der Waals surface area (Å²) >= 11 is 0. The van der Waals surface area contributed by atoms with Crippen LogP contribution in [-0.2, 0) is 6.61 Å². The lowest BCUT2D eigenvalue weighted by atomic mass is 10.1. The van der Waals surface area contributed by atoms with E-state index in [1.165, 1.54) is 0 Å². The Morgan fingerprint density at radius 2 is 2.21 bits per heavy atom. The Hall–Kier alpha value is -2.54. The van der Waals surface area contributed by atoms with Crippen LogP contribution in [0.15, 0.2) is 24.7 Å². The van der Waals surface area contributed by atoms with Crippen LogP contribution >= 0.6 is 0 Å². The van der Waals surface area contributed by atoms with Gasteiger partial charge in [-0.25, -0.2) is 9.97 Å². The van der Waals surface area contributed by atoms with Gasteiger partial charge in [-0.2, -0.15) is 0 Å². The van der Waals surface area contributed by atoms with Gasteiger partial charge in [0.25, 0.3) is 0 Å². The number of anilines is 1. The van der Waals surface area contributed by atoms with Gasteiger partial charge in [-0.1, -0.05) is 0 Å². The maximum absolute atomic E-state index is 9.21. The molecule has 3 aromatic rings. The van der Waals surface area contributed by atoms with Gasteiger partial charge in [-0.05, 0) is 19.1 Å². The molecule has 0 fully saturated rings. The Morgan fingerprint density at radius 3 is 3.00 bits per heavy atom. The van der Waals surface area contributed by atoms with E-state index in [-0.39, 0.29) is 12.4 Å². The van der Waals surface area contributed by atoms with E-state index in [2.05, 4.69) is 20.2 Å². The van der Waals surface area contributed by atoms with Crippen LogP contribution in [-0.4, -0.2) is 29.7 Å². The van der Waals surface area contributed by atoms with E-state index in [9.17, 15) is 5.11 Å². The molecule has 0 aromatic carbocycles. The Balaban J connectivity index is 2.19. The minimum absolute atomic E-state index is 0.237. The van der Waals surface area contributed by atoms with Gasteiger partial charge in [0.2, 0.25) is 0 Å². The summed E-state index contributed by atoms with van der Waals surface area (Å²) in [4.78, 5) is 8.56. The predicted octanol–water partition coefficient (Wildman–Crippen LogP) is 0.569. The quantitative estimate of drug-likeness (QED) is 0.695. The Bertz CT molecular complexity index is 751. The van der Waals surface area contributed by atoms with Gasteiger partial charge in [-0.15, -0.1) is 10.2 Å². The molecule has 3 heterocycles. The highest BCUT2D eigenvalue weighted by Crippen LogP contribution is 2.23. The first-order valence-corrected chi connectivity index (χ1v) is 5.72. The number of rotatable bonds is 2. The van der Waals surface area contributed by atoms with Crippen LogP contribution in [0.3, 0.4) is 0 Å². The van der Waals surface area contributed by atoms with Crippen molar-refractivity contribution in [1.29, 1.82) is 0 Å². The molecular weight excluding hydrogens is 244 g/mol. The molecule has 7 heteroatoms. The fourth-order valence-electron chi connectivity index (χ4n) is 1.93. The molecule has 7 nitrogen and oxygen atoms in total. The highest BCUT2D eigenvalue weighted by molar-refractivity contribution is 5.66. The first-order valence-electron chi connectivity index (χ1n) is 5.72. The Morgan fingerprint density at radius 1 is 1.37 bits per heavy atom. The van der Waals surface area contributed by atoms with E-state index in [1.807, 2.05) is 25.3 Å². The number of aliphatic hydroxyl groups excluding tert-OH is 1. The van der Waals surface area contributed by atoms with Crippen molar-refractivity contribution in [1.82, 2.24) is 24.6 Å². The van der Waals surface area contributed by atoms with Gasteiger partial charge in [0.1, 0.15) is 17.8 Å². The number of aliphatic hydroxyl groups is 1. The smallest absolute Gasteiger partial charge is 0.161 e. The molecule has 0 radical (unpaired) electrons. The number of pyridine rings is 1. The first kappa shape index (κ1) is 11.5. The molecule has 0 amide bonds. The molecule has 0 unspecified atom stereocenters. The van der Waals surface area contributed by atoms with Crippen LogP contribution in [0.25, 0.3) is 16.9 Å². The van der Waals surface area contributed by atoms with Gasteiger partial charge in [0.05, 0.1) is 18.0 Å². The normalized spacial score (nSPS) is 11.1. The van der Waals surface area contributed by atoms with Gasteiger partial charge in [0, 0.05) is 11.8 Å². The van der Waals surface area contributed by atoms with E-state index in [4.69, 9.17) is 5.73 Å². The van der Waals surface area contributed by atoms with Crippen LogP contribution < -0.4 is 5.73 Å². The van der Waals surface area contributed by atoms with E-state index < -0.39 is 0 Å². The summed E-state index contributed by atoms with van der Waals surface area (Å²) < 4.78 is 1.80. The Kier molecular flexibility index (Phi) is 2.60. The van der Waals surface area contributed by atoms with Crippen molar-refractivity contribution in [2.24, 2.45) is 0 Å². The third-order valence-electron chi connectivity index (χ3n) is 2.90. The molecule has 0 saturated heterocycles. The molecule has 0 atom stereocenters. The number of fused-ring (bicyclic) bond motifs is 1. The summed E-state index contributed by atoms with van der Waals surface area (Å²) in [6.45, 7) is 1.59. The minimum Gasteiger partial charge on any atom is -0.390 e. The van der Waals surface area contributed by atoms with Gasteiger partial charge >= 0.3 is 0 Å². The second kappa shape index (κ2) is 4.29. The summed E-state index contributed by atoms with van der Waals surface area (Å²) in [5.41, 5.74) is 9.05. The Labute approximate surface area is 108 Å². The largest absolute Gasteiger partial charge is 0.390 e. The number of nitrogens with zero attached hydrogens (tertiary/aromatic N) is 5. The topological polar surface area (TPSA) is 102 Å². The molecular formula is C12H12N6O. The second-order valence-corrected chi connectivity index (χ2v) is 4.16. The lowest BCUT2D eigenvalue weighted by Gasteiger charge is -2.08. The average Bonchev–Trinajstić information content (AvgIpc) is 2.86. The second-order valence-electron chi connectivity index (χ2n) is 4.16. The van der Waals surface area contributed by atoms with E-state index in [0.717, 1.165) is 11.2 Å². The number of aromatic nitrogens is 5. The van der Waals surface area contributed by atoms with Gasteiger partial charge in [0.15, 0.2) is 5.65 Å². The highest BCUT2D eigenvalue weighted by atomic mass is 16.3. The third kappa shape index (κ3) is 1.89. The van der Waals surface area contributed by atoms with E-state index in [0.29, 0.717) is 17.1 Å². The van der Waals surface area contributed by atoms with Crippen molar-refractivity contribution in [3.8, 4) is 11.3 Å². The summed E-state index contributed by atoms with van der Waals surface area (Å²) in [6.07, 6.45) is 3.47. The van der Waals surface area contributed by atoms with Gasteiger partial charge in [-0.3, -0.25) is 4.40 Å². The van der Waals surface area contributed by atoms with Crippen molar-refractivity contribution in [3.05, 3.63) is 36.0 Å². The van der Waals surface area contributed by atoms with Crippen LogP contribution in [0.4, 0.5) is 5.82 Å². The van der Waals surface area contributed by atoms with Crippen LogP contribution in [0.1, 0.15) is 11.4 Å². The summed E-state index contributed by atoms with van der Waals surface area (Å²) in [6, 6.07) is 3.76. The van der Waals surface area contributed by atoms with Crippen LogP contribution in [0.2, 0.25) is 0 Å². The molecule has 3 rings (SSSR count). The molecule has 0 saturated carbocycles. The number of nitrogen functional groups attached to an aromatic ring is 1. The summed E-state index contributed by atoms with van der Waals surface area (Å²) in [5.74, 6) is 0.257. The molecule has 0 aliphatic heterocycles. The summed E-state index contributed by atoms with van der Waals surface area (Å²) in [7, 11) is 0. The molecule has 0 spiro atoms. The number of hydrogen-bond acceptors (Lipinski definition) is 6. The van der Waals surface area contributed by atoms with Gasteiger partial charge < -0.3 is 10.8 Å². The molecule has 3 aromatic heterocycles. The molecule has 0 aliphatic carbocycles. The molecule has 19 heavy (non-hydrogen) atoms. The molecule has 3 N–H and O–H groups in total. The number of aryl methyl sites for hydroxylation is 1. The maximum Gasteiger partial charge on any atom is 0.161 e. The van der Waals surface area contributed by atoms with Crippen LogP contribution in [0.5, 0.6) is 0 Å². The zero-order valence-corrected chi connectivity index (χ0v) is 10.3. The standard InChI is InChI=1S/C12H12N6O/c1-7-11(16-9(5-19)12(13)15-7)8-2-3-18-6-14-17-10(18)4-8/h2-4,6,19H,5H2,1H3,(H2,13,15). The lowest BCUT2D eigenvalue weighted by Crippen LogP contribution is -2.05. The summed E-state index contributed by atoms with van der Waals surface area (Å²) in [5, 5.41) is 17.0. The molecule has 0 aliphatic rings. The maximum atomic E-state index is 9.21. The highest BCUT2D eigenvalue weighted by Gasteiger charge is 2.11. The number of hydrogen-bond donors (Lipinski definition) is 2. The van der Waals surface area contributed by atoms with Crippen molar-refractivity contribution in [3.63, 3.8) is 0 Å². The fraction of sp³-hybridized carbons (Fsp3) is 0.167. The first-order chi connectivity index (χ1) is 9.19. The van der Waals surface area contributed by atoms with Crippen molar-refractivity contribution in [2.45, 2.75) is 13.5 Å². The fourth-order valence-corrected chi connectivity index (χ4v) is 1.93. The zero-order chi connectivity index (χ0) is 13.4. The SMILES string of the molecule is Cc1nc(N)c(CO)nc1-c1ccn2cnnc2c1. The van der Waals surface area contributed by atoms with Crippen molar-refractivity contribution < 1.29 is 5.11 Å². The van der Waals surface area contributed by atoms with E-state index in [1.54, 1.807) is 10.7 Å². The van der Waals surface area contributed by atoms with Crippen LogP contribution in [0, 0.1) is 6.92 Å². The predicted molar refractivity (Wildman–Crippen MR) is 69.1 cm³/mol. The zero-order valence-electron chi connectivity index (χ0n) is 10.3. The van der Waals surface area contributed by atoms with Crippen molar-refractivity contribution >= 4 is 11.5 Å². The van der Waals surface area contributed by atoms with E-state index >= 15 is 0 Å². The number of nitrogens with two attached hydrogens (primary N) is 1.